The highest BCUT2D eigenvalue weighted by Gasteiger charge is 2.30. The van der Waals surface area contributed by atoms with Gasteiger partial charge in [-0.25, -0.2) is 0 Å². The first-order chi connectivity index (χ1) is 8.31. The van der Waals surface area contributed by atoms with Crippen molar-refractivity contribution in [1.82, 2.24) is 0 Å². The van der Waals surface area contributed by atoms with E-state index in [1.54, 1.807) is 0 Å². The van der Waals surface area contributed by atoms with E-state index in [1.807, 2.05) is 0 Å². The van der Waals surface area contributed by atoms with Crippen molar-refractivity contribution in [3.8, 4) is 11.8 Å². The van der Waals surface area contributed by atoms with Gasteiger partial charge in [0.25, 0.3) is 0 Å². The minimum Gasteiger partial charge on any atom is -0.491 e. The van der Waals surface area contributed by atoms with Gasteiger partial charge < -0.3 is 4.74 Å². The third-order valence-electron chi connectivity index (χ3n) is 3.84. The van der Waals surface area contributed by atoms with E-state index in [0.29, 0.717) is 12.3 Å². The topological polar surface area (TPSA) is 33.0 Å². The van der Waals surface area contributed by atoms with Crippen LogP contribution in [0.1, 0.15) is 41.9 Å². The van der Waals surface area contributed by atoms with Gasteiger partial charge in [-0.3, -0.25) is 0 Å². The van der Waals surface area contributed by atoms with Crippen molar-refractivity contribution in [2.24, 2.45) is 0 Å². The van der Waals surface area contributed by atoms with Gasteiger partial charge in [0, 0.05) is 18.4 Å². The fourth-order valence-electron chi connectivity index (χ4n) is 3.13. The molecule has 1 unspecified atom stereocenters. The van der Waals surface area contributed by atoms with E-state index < -0.39 is 0 Å². The van der Waals surface area contributed by atoms with Crippen LogP contribution >= 0.6 is 11.6 Å². The highest BCUT2D eigenvalue weighted by atomic mass is 35.5. The number of benzene rings is 1. The van der Waals surface area contributed by atoms with Gasteiger partial charge in [-0.1, -0.05) is 11.6 Å². The number of nitrogens with zero attached hydrogens (tertiary/aromatic N) is 1. The smallest absolute Gasteiger partial charge is 0.141 e. The quantitative estimate of drug-likeness (QED) is 0.800. The summed E-state index contributed by atoms with van der Waals surface area (Å²) in [5, 5.41) is 9.48. The predicted molar refractivity (Wildman–Crippen MR) is 66.6 cm³/mol. The second-order valence-corrected chi connectivity index (χ2v) is 5.18. The highest BCUT2D eigenvalue weighted by molar-refractivity contribution is 6.32. The van der Waals surface area contributed by atoms with E-state index in [0.717, 1.165) is 43.1 Å². The Hall–Kier alpha value is -1.20. The van der Waals surface area contributed by atoms with Crippen molar-refractivity contribution < 1.29 is 4.74 Å². The first-order valence-corrected chi connectivity index (χ1v) is 6.53. The van der Waals surface area contributed by atoms with Crippen molar-refractivity contribution in [1.29, 1.82) is 5.26 Å². The standard InChI is InChI=1S/C14H14ClNO/c15-12-8-10-4-3-9(2-1-6-16)13(10)11-5-7-17-14(11)12/h8-9H,1-5,7H2. The minimum absolute atomic E-state index is 0.539. The Morgan fingerprint density at radius 3 is 3.18 bits per heavy atom. The third-order valence-corrected chi connectivity index (χ3v) is 4.12. The molecule has 0 amide bonds. The second kappa shape index (κ2) is 4.23. The van der Waals surface area contributed by atoms with Crippen molar-refractivity contribution in [2.45, 2.75) is 38.0 Å². The van der Waals surface area contributed by atoms with Gasteiger partial charge in [-0.15, -0.1) is 0 Å². The molecule has 1 aliphatic carbocycles. The summed E-state index contributed by atoms with van der Waals surface area (Å²) in [6.45, 7) is 0.747. The zero-order chi connectivity index (χ0) is 11.8. The fraction of sp³-hybridized carbons (Fsp3) is 0.500. The van der Waals surface area contributed by atoms with E-state index in [9.17, 15) is 0 Å². The molecule has 1 aromatic rings. The summed E-state index contributed by atoms with van der Waals surface area (Å²) in [6, 6.07) is 4.31. The maximum absolute atomic E-state index is 8.72. The molecule has 0 bridgehead atoms. The number of aryl methyl sites for hydroxylation is 1. The Morgan fingerprint density at radius 1 is 1.47 bits per heavy atom. The molecule has 88 valence electrons. The average molecular weight is 248 g/mol. The van der Waals surface area contributed by atoms with Gasteiger partial charge >= 0.3 is 0 Å². The van der Waals surface area contributed by atoms with Gasteiger partial charge in [0.1, 0.15) is 5.75 Å². The van der Waals surface area contributed by atoms with Crippen LogP contribution in [0.4, 0.5) is 0 Å². The van der Waals surface area contributed by atoms with Gasteiger partial charge in [0.2, 0.25) is 0 Å². The molecule has 1 aromatic carbocycles. The molecule has 17 heavy (non-hydrogen) atoms. The van der Waals surface area contributed by atoms with Gasteiger partial charge in [-0.2, -0.15) is 5.26 Å². The average Bonchev–Trinajstić information content (AvgIpc) is 2.92. The lowest BCUT2D eigenvalue weighted by Gasteiger charge is -2.14. The molecule has 1 aliphatic heterocycles. The Balaban J connectivity index is 2.03. The monoisotopic (exact) mass is 247 g/mol. The molecule has 0 spiro atoms. The summed E-state index contributed by atoms with van der Waals surface area (Å²) in [6.07, 6.45) is 4.84. The lowest BCUT2D eigenvalue weighted by atomic mass is 9.91. The van der Waals surface area contributed by atoms with Crippen LogP contribution in [0.5, 0.6) is 5.75 Å². The first-order valence-electron chi connectivity index (χ1n) is 6.15. The van der Waals surface area contributed by atoms with Crippen LogP contribution in [-0.4, -0.2) is 6.61 Å². The van der Waals surface area contributed by atoms with E-state index in [4.69, 9.17) is 21.6 Å². The molecule has 0 saturated heterocycles. The molecule has 1 atom stereocenters. The number of hydrogen-bond acceptors (Lipinski definition) is 2. The molecule has 0 aromatic heterocycles. The summed E-state index contributed by atoms with van der Waals surface area (Å²) in [5.74, 6) is 1.44. The van der Waals surface area contributed by atoms with Crippen LogP contribution in [-0.2, 0) is 12.8 Å². The van der Waals surface area contributed by atoms with Crippen LogP contribution in [0.25, 0.3) is 0 Å². The lowest BCUT2D eigenvalue weighted by Crippen LogP contribution is -1.98. The molecule has 0 saturated carbocycles. The number of fused-ring (bicyclic) bond motifs is 3. The lowest BCUT2D eigenvalue weighted by molar-refractivity contribution is 0.357. The minimum atomic E-state index is 0.539. The SMILES string of the molecule is N#CCCC1CCc2cc(Cl)c3c(c21)CCO3. The molecule has 0 fully saturated rings. The predicted octanol–water partition coefficient (Wildman–Crippen LogP) is 3.61. The number of nitriles is 1. The Morgan fingerprint density at radius 2 is 2.35 bits per heavy atom. The molecule has 1 heterocycles. The molecule has 2 nitrogen and oxygen atoms in total. The van der Waals surface area contributed by atoms with E-state index >= 15 is 0 Å². The summed E-state index contributed by atoms with van der Waals surface area (Å²) in [4.78, 5) is 0. The Bertz CT molecular complexity index is 504. The van der Waals surface area contributed by atoms with E-state index in [1.165, 1.54) is 16.7 Å². The molecule has 0 N–H and O–H groups in total. The second-order valence-electron chi connectivity index (χ2n) is 4.77. The Kier molecular flexibility index (Phi) is 2.72. The maximum Gasteiger partial charge on any atom is 0.141 e. The van der Waals surface area contributed by atoms with Gasteiger partial charge in [0.15, 0.2) is 0 Å². The van der Waals surface area contributed by atoms with Crippen LogP contribution in [0.3, 0.4) is 0 Å². The summed E-state index contributed by atoms with van der Waals surface area (Å²) < 4.78 is 5.61. The van der Waals surface area contributed by atoms with Crippen molar-refractivity contribution in [3.63, 3.8) is 0 Å². The van der Waals surface area contributed by atoms with Gasteiger partial charge in [-0.05, 0) is 42.4 Å². The molecule has 0 radical (unpaired) electrons. The van der Waals surface area contributed by atoms with Crippen LogP contribution in [0.15, 0.2) is 6.07 Å². The van der Waals surface area contributed by atoms with E-state index in [-0.39, 0.29) is 0 Å². The summed E-state index contributed by atoms with van der Waals surface area (Å²) in [5.41, 5.74) is 4.13. The number of rotatable bonds is 2. The molecule has 2 aliphatic rings. The largest absolute Gasteiger partial charge is 0.491 e. The zero-order valence-electron chi connectivity index (χ0n) is 9.63. The maximum atomic E-state index is 8.72. The molecular weight excluding hydrogens is 234 g/mol. The van der Waals surface area contributed by atoms with Crippen molar-refractivity contribution >= 4 is 11.6 Å². The molecular formula is C14H14ClNO. The third kappa shape index (κ3) is 1.70. The highest BCUT2D eigenvalue weighted by Crippen LogP contribution is 2.46. The molecule has 3 rings (SSSR count). The summed E-state index contributed by atoms with van der Waals surface area (Å²) >= 11 is 6.23. The summed E-state index contributed by atoms with van der Waals surface area (Å²) in [7, 11) is 0. The van der Waals surface area contributed by atoms with Crippen LogP contribution in [0.2, 0.25) is 5.02 Å². The fourth-order valence-corrected chi connectivity index (χ4v) is 3.43. The zero-order valence-corrected chi connectivity index (χ0v) is 10.4. The number of ether oxygens (including phenoxy) is 1. The number of hydrogen-bond donors (Lipinski definition) is 0. The first kappa shape index (κ1) is 10.9. The van der Waals surface area contributed by atoms with Crippen LogP contribution in [0, 0.1) is 11.3 Å². The normalized spacial score (nSPS) is 20.6. The van der Waals surface area contributed by atoms with Crippen molar-refractivity contribution in [2.75, 3.05) is 6.61 Å². The van der Waals surface area contributed by atoms with Crippen LogP contribution < -0.4 is 4.74 Å². The van der Waals surface area contributed by atoms with E-state index in [2.05, 4.69) is 12.1 Å². The number of halogens is 1. The van der Waals surface area contributed by atoms with Crippen molar-refractivity contribution in [3.05, 3.63) is 27.8 Å². The van der Waals surface area contributed by atoms with Gasteiger partial charge in [0.05, 0.1) is 17.7 Å². The Labute approximate surface area is 106 Å². The molecule has 3 heteroatoms.